The molecule has 0 bridgehead atoms. The highest BCUT2D eigenvalue weighted by atomic mass is 35.5. The molecule has 0 aliphatic carbocycles. The van der Waals surface area contributed by atoms with E-state index in [4.69, 9.17) is 11.6 Å². The van der Waals surface area contributed by atoms with E-state index < -0.39 is 18.3 Å². The van der Waals surface area contributed by atoms with Crippen LogP contribution in [0.15, 0.2) is 18.2 Å². The summed E-state index contributed by atoms with van der Waals surface area (Å²) < 4.78 is 39.7. The summed E-state index contributed by atoms with van der Waals surface area (Å²) in [5.41, 5.74) is 0.161. The lowest BCUT2D eigenvalue weighted by Crippen LogP contribution is -2.47. The highest BCUT2D eigenvalue weighted by Gasteiger charge is 2.31. The molecule has 0 spiro atoms. The van der Waals surface area contributed by atoms with Gasteiger partial charge in [-0.3, -0.25) is 4.90 Å². The Labute approximate surface area is 109 Å². The first-order chi connectivity index (χ1) is 8.59. The Bertz CT molecular complexity index is 408. The molecule has 1 heterocycles. The Kier molecular flexibility index (Phi) is 4.48. The van der Waals surface area contributed by atoms with E-state index in [9.17, 15) is 13.2 Å². The van der Waals surface area contributed by atoms with Gasteiger partial charge in [-0.25, -0.2) is 13.2 Å². The fourth-order valence-electron chi connectivity index (χ4n) is 2.19. The number of hydrogen-bond acceptors (Lipinski definition) is 2. The fraction of sp³-hybridized carbons (Fsp3) is 0.500. The molecule has 1 aliphatic rings. The van der Waals surface area contributed by atoms with Crippen molar-refractivity contribution in [3.8, 4) is 0 Å². The highest BCUT2D eigenvalue weighted by Crippen LogP contribution is 2.33. The number of piperazine rings is 1. The van der Waals surface area contributed by atoms with Crippen LogP contribution in [0.3, 0.4) is 0 Å². The van der Waals surface area contributed by atoms with Gasteiger partial charge in [0.15, 0.2) is 0 Å². The third kappa shape index (κ3) is 2.96. The monoisotopic (exact) mass is 278 g/mol. The van der Waals surface area contributed by atoms with Crippen LogP contribution in [-0.2, 0) is 0 Å². The van der Waals surface area contributed by atoms with Crippen LogP contribution < -0.4 is 5.32 Å². The minimum absolute atomic E-state index is 0.161. The van der Waals surface area contributed by atoms with Crippen LogP contribution in [0.25, 0.3) is 0 Å². The second-order valence-corrected chi connectivity index (χ2v) is 4.64. The summed E-state index contributed by atoms with van der Waals surface area (Å²) in [6.07, 6.45) is -2.60. The summed E-state index contributed by atoms with van der Waals surface area (Å²) in [5.74, 6) is -0.546. The molecule has 18 heavy (non-hydrogen) atoms. The number of benzene rings is 1. The summed E-state index contributed by atoms with van der Waals surface area (Å²) in [7, 11) is 0. The van der Waals surface area contributed by atoms with Crippen molar-refractivity contribution in [2.45, 2.75) is 12.5 Å². The van der Waals surface area contributed by atoms with Gasteiger partial charge in [-0.1, -0.05) is 11.6 Å². The molecule has 100 valence electrons. The van der Waals surface area contributed by atoms with Gasteiger partial charge in [0.25, 0.3) is 6.43 Å². The number of nitrogens with zero attached hydrogens (tertiary/aromatic N) is 1. The van der Waals surface area contributed by atoms with Crippen molar-refractivity contribution < 1.29 is 13.2 Å². The topological polar surface area (TPSA) is 15.3 Å². The second-order valence-electron chi connectivity index (χ2n) is 4.23. The zero-order valence-electron chi connectivity index (χ0n) is 9.67. The number of nitrogens with one attached hydrogen (secondary N) is 1. The van der Waals surface area contributed by atoms with Gasteiger partial charge in [-0.05, 0) is 23.8 Å². The first kappa shape index (κ1) is 13.6. The predicted octanol–water partition coefficient (Wildman–Crippen LogP) is 2.69. The zero-order chi connectivity index (χ0) is 13.1. The van der Waals surface area contributed by atoms with Crippen LogP contribution >= 0.6 is 11.6 Å². The van der Waals surface area contributed by atoms with E-state index >= 15 is 0 Å². The Morgan fingerprint density at radius 3 is 2.50 bits per heavy atom. The summed E-state index contributed by atoms with van der Waals surface area (Å²) in [5, 5.41) is 3.27. The summed E-state index contributed by atoms with van der Waals surface area (Å²) in [4.78, 5) is 1.64. The highest BCUT2D eigenvalue weighted by molar-refractivity contribution is 6.31. The standard InChI is InChI=1S/C12H14ClF3N2/c13-10-2-1-8(14)7-9(10)11(12(15)16)18-5-3-17-4-6-18/h1-2,7,11-12,17H,3-6H2/t11-/m1/s1. The summed E-state index contributed by atoms with van der Waals surface area (Å²) >= 11 is 5.91. The molecule has 0 unspecified atom stereocenters. The van der Waals surface area contributed by atoms with Crippen molar-refractivity contribution >= 4 is 11.6 Å². The van der Waals surface area contributed by atoms with Gasteiger partial charge in [-0.2, -0.15) is 0 Å². The van der Waals surface area contributed by atoms with E-state index in [1.54, 1.807) is 4.90 Å². The first-order valence-corrected chi connectivity index (χ1v) is 6.15. The van der Waals surface area contributed by atoms with Crippen molar-refractivity contribution in [2.75, 3.05) is 26.2 Å². The van der Waals surface area contributed by atoms with Gasteiger partial charge in [-0.15, -0.1) is 0 Å². The smallest absolute Gasteiger partial charge is 0.258 e. The molecule has 0 saturated carbocycles. The molecule has 1 aromatic rings. The molecule has 0 aromatic heterocycles. The SMILES string of the molecule is Fc1ccc(Cl)c([C@H](C(F)F)N2CCNCC2)c1. The molecule has 2 rings (SSSR count). The zero-order valence-corrected chi connectivity index (χ0v) is 10.4. The van der Waals surface area contributed by atoms with Crippen molar-refractivity contribution in [1.29, 1.82) is 0 Å². The molecule has 1 N–H and O–H groups in total. The average molecular weight is 279 g/mol. The predicted molar refractivity (Wildman–Crippen MR) is 64.6 cm³/mol. The molecule has 0 radical (unpaired) electrons. The normalized spacial score (nSPS) is 19.2. The molecule has 2 nitrogen and oxygen atoms in total. The molecular weight excluding hydrogens is 265 g/mol. The average Bonchev–Trinajstić information content (AvgIpc) is 2.35. The number of hydrogen-bond donors (Lipinski definition) is 1. The first-order valence-electron chi connectivity index (χ1n) is 5.77. The molecule has 1 aliphatic heterocycles. The molecule has 1 fully saturated rings. The van der Waals surface area contributed by atoms with Gasteiger partial charge in [0.1, 0.15) is 5.82 Å². The van der Waals surface area contributed by atoms with E-state index in [-0.39, 0.29) is 10.6 Å². The molecule has 0 amide bonds. The van der Waals surface area contributed by atoms with E-state index in [0.29, 0.717) is 26.2 Å². The van der Waals surface area contributed by atoms with Gasteiger partial charge in [0.05, 0.1) is 6.04 Å². The molecule has 1 aromatic carbocycles. The van der Waals surface area contributed by atoms with Crippen LogP contribution in [0.1, 0.15) is 11.6 Å². The van der Waals surface area contributed by atoms with Crippen LogP contribution in [0.2, 0.25) is 5.02 Å². The second kappa shape index (κ2) is 5.91. The lowest BCUT2D eigenvalue weighted by molar-refractivity contribution is 0.0181. The fourth-order valence-corrected chi connectivity index (χ4v) is 2.42. The van der Waals surface area contributed by atoms with Gasteiger partial charge >= 0.3 is 0 Å². The third-order valence-electron chi connectivity index (χ3n) is 3.06. The van der Waals surface area contributed by atoms with Gasteiger partial charge < -0.3 is 5.32 Å². The third-order valence-corrected chi connectivity index (χ3v) is 3.40. The minimum Gasteiger partial charge on any atom is -0.314 e. The number of halogens is 4. The Balaban J connectivity index is 2.31. The quantitative estimate of drug-likeness (QED) is 0.914. The molecule has 6 heteroatoms. The summed E-state index contributed by atoms with van der Waals surface area (Å²) in [6, 6.07) is 2.45. The van der Waals surface area contributed by atoms with Gasteiger partial charge in [0, 0.05) is 31.2 Å². The lowest BCUT2D eigenvalue weighted by atomic mass is 10.0. The number of rotatable bonds is 3. The van der Waals surface area contributed by atoms with Crippen molar-refractivity contribution in [3.05, 3.63) is 34.6 Å². The van der Waals surface area contributed by atoms with Crippen LogP contribution in [0.5, 0.6) is 0 Å². The van der Waals surface area contributed by atoms with Crippen LogP contribution in [0.4, 0.5) is 13.2 Å². The molecule has 1 atom stereocenters. The van der Waals surface area contributed by atoms with Crippen molar-refractivity contribution in [1.82, 2.24) is 10.2 Å². The van der Waals surface area contributed by atoms with Crippen molar-refractivity contribution in [2.24, 2.45) is 0 Å². The maximum atomic E-state index is 13.2. The maximum Gasteiger partial charge on any atom is 0.258 e. The van der Waals surface area contributed by atoms with E-state index in [2.05, 4.69) is 5.32 Å². The van der Waals surface area contributed by atoms with Gasteiger partial charge in [0.2, 0.25) is 0 Å². The van der Waals surface area contributed by atoms with Crippen LogP contribution in [0, 0.1) is 5.82 Å². The Morgan fingerprint density at radius 2 is 1.89 bits per heavy atom. The van der Waals surface area contributed by atoms with E-state index in [0.717, 1.165) is 6.07 Å². The van der Waals surface area contributed by atoms with E-state index in [1.807, 2.05) is 0 Å². The Hall–Kier alpha value is -0.780. The Morgan fingerprint density at radius 1 is 1.22 bits per heavy atom. The largest absolute Gasteiger partial charge is 0.314 e. The molecular formula is C12H14ClF3N2. The number of alkyl halides is 2. The van der Waals surface area contributed by atoms with Crippen LogP contribution in [-0.4, -0.2) is 37.5 Å². The summed E-state index contributed by atoms with van der Waals surface area (Å²) in [6.45, 7) is 2.30. The van der Waals surface area contributed by atoms with E-state index in [1.165, 1.54) is 12.1 Å². The maximum absolute atomic E-state index is 13.2. The minimum atomic E-state index is -2.60. The lowest BCUT2D eigenvalue weighted by Gasteiger charge is -2.35. The molecule has 1 saturated heterocycles. The van der Waals surface area contributed by atoms with Crippen molar-refractivity contribution in [3.63, 3.8) is 0 Å².